The molecule has 0 atom stereocenters. The first-order valence-corrected chi connectivity index (χ1v) is 7.00. The van der Waals surface area contributed by atoms with Gasteiger partial charge in [0.2, 0.25) is 0 Å². The largest absolute Gasteiger partial charge is 0.401 e. The predicted octanol–water partition coefficient (Wildman–Crippen LogP) is 2.43. The van der Waals surface area contributed by atoms with Crippen LogP contribution in [0.15, 0.2) is 46.9 Å². The highest BCUT2D eigenvalue weighted by Gasteiger charge is 2.14. The molecule has 116 valence electrons. The summed E-state index contributed by atoms with van der Waals surface area (Å²) in [6.07, 6.45) is 3.12. The van der Waals surface area contributed by atoms with Crippen molar-refractivity contribution in [2.75, 3.05) is 5.32 Å². The van der Waals surface area contributed by atoms with E-state index in [1.54, 1.807) is 17.8 Å². The molecule has 0 spiro atoms. The Morgan fingerprint density at radius 1 is 1.26 bits per heavy atom. The van der Waals surface area contributed by atoms with E-state index in [-0.39, 0.29) is 11.9 Å². The molecule has 1 amide bonds. The quantitative estimate of drug-likeness (QED) is 0.748. The van der Waals surface area contributed by atoms with Gasteiger partial charge in [-0.15, -0.1) is 5.10 Å². The van der Waals surface area contributed by atoms with Crippen LogP contribution < -0.4 is 5.32 Å². The average molecular weight is 309 g/mol. The Balaban J connectivity index is 1.68. The van der Waals surface area contributed by atoms with E-state index in [1.165, 1.54) is 6.08 Å². The lowest BCUT2D eigenvalue weighted by Gasteiger charge is -1.96. The van der Waals surface area contributed by atoms with Crippen LogP contribution in [0.2, 0.25) is 0 Å². The first-order chi connectivity index (χ1) is 11.1. The van der Waals surface area contributed by atoms with E-state index in [0.717, 1.165) is 11.3 Å². The van der Waals surface area contributed by atoms with Crippen LogP contribution in [0.3, 0.4) is 0 Å². The van der Waals surface area contributed by atoms with Gasteiger partial charge in [-0.05, 0) is 24.6 Å². The van der Waals surface area contributed by atoms with Crippen LogP contribution in [-0.4, -0.2) is 25.9 Å². The van der Waals surface area contributed by atoms with Crippen LogP contribution in [0, 0.1) is 6.92 Å². The van der Waals surface area contributed by atoms with E-state index in [9.17, 15) is 4.79 Å². The molecule has 0 saturated carbocycles. The number of hydrogen-bond acceptors (Lipinski definition) is 5. The minimum atomic E-state index is -0.342. The number of hydrogen-bond donors (Lipinski definition) is 1. The van der Waals surface area contributed by atoms with E-state index < -0.39 is 0 Å². The van der Waals surface area contributed by atoms with E-state index in [2.05, 4.69) is 20.6 Å². The number of aromatic nitrogens is 4. The average Bonchev–Trinajstić information content (AvgIpc) is 3.12. The molecule has 0 bridgehead atoms. The fourth-order valence-electron chi connectivity index (χ4n) is 2.07. The van der Waals surface area contributed by atoms with Crippen molar-refractivity contribution in [2.45, 2.75) is 6.92 Å². The number of aryl methyl sites for hydroxylation is 2. The zero-order chi connectivity index (χ0) is 16.2. The minimum absolute atomic E-state index is 0.0431. The molecule has 2 heterocycles. The van der Waals surface area contributed by atoms with E-state index in [4.69, 9.17) is 4.42 Å². The highest BCUT2D eigenvalue weighted by atomic mass is 16.4. The monoisotopic (exact) mass is 309 g/mol. The zero-order valence-electron chi connectivity index (χ0n) is 12.7. The van der Waals surface area contributed by atoms with Crippen molar-refractivity contribution >= 4 is 18.0 Å². The lowest BCUT2D eigenvalue weighted by atomic mass is 10.2. The number of rotatable bonds is 4. The third-order valence-corrected chi connectivity index (χ3v) is 3.10. The lowest BCUT2D eigenvalue weighted by molar-refractivity contribution is -0.112. The molecule has 0 aliphatic rings. The highest BCUT2D eigenvalue weighted by Crippen LogP contribution is 2.20. The van der Waals surface area contributed by atoms with Gasteiger partial charge in [0, 0.05) is 13.1 Å². The Bertz CT molecular complexity index is 848. The number of carbonyl (C=O) groups is 1. The Morgan fingerprint density at radius 2 is 2.04 bits per heavy atom. The molecule has 7 nitrogen and oxygen atoms in total. The summed E-state index contributed by atoms with van der Waals surface area (Å²) >= 11 is 0. The summed E-state index contributed by atoms with van der Waals surface area (Å²) in [6, 6.07) is 11.4. The molecule has 1 aromatic carbocycles. The van der Waals surface area contributed by atoms with E-state index in [1.807, 2.05) is 43.3 Å². The van der Waals surface area contributed by atoms with Gasteiger partial charge >= 0.3 is 6.01 Å². The molecule has 1 N–H and O–H groups in total. The van der Waals surface area contributed by atoms with Crippen LogP contribution in [0.4, 0.5) is 6.01 Å². The number of carbonyl (C=O) groups excluding carboxylic acids is 1. The molecule has 7 heteroatoms. The zero-order valence-corrected chi connectivity index (χ0v) is 12.7. The fourth-order valence-corrected chi connectivity index (χ4v) is 2.07. The Labute approximate surface area is 132 Å². The first-order valence-electron chi connectivity index (χ1n) is 7.00. The number of amides is 1. The van der Waals surface area contributed by atoms with Gasteiger partial charge in [0.1, 0.15) is 5.69 Å². The predicted molar refractivity (Wildman–Crippen MR) is 85.3 cm³/mol. The molecule has 0 radical (unpaired) electrons. The van der Waals surface area contributed by atoms with Crippen LogP contribution in [0.1, 0.15) is 11.3 Å². The van der Waals surface area contributed by atoms with Crippen molar-refractivity contribution in [3.63, 3.8) is 0 Å². The van der Waals surface area contributed by atoms with Crippen LogP contribution in [-0.2, 0) is 11.8 Å². The van der Waals surface area contributed by atoms with Crippen molar-refractivity contribution in [1.29, 1.82) is 0 Å². The SMILES string of the molecule is Cc1cc(-c2nnc(NC(=O)C=Cc3ccccc3)o2)n(C)n1. The second-order valence-electron chi connectivity index (χ2n) is 4.94. The molecule has 2 aromatic heterocycles. The molecule has 0 saturated heterocycles. The Morgan fingerprint density at radius 3 is 2.74 bits per heavy atom. The molecule has 3 rings (SSSR count). The summed E-state index contributed by atoms with van der Waals surface area (Å²) in [6.45, 7) is 1.87. The summed E-state index contributed by atoms with van der Waals surface area (Å²) in [5, 5.41) is 14.5. The van der Waals surface area contributed by atoms with Gasteiger partial charge < -0.3 is 4.42 Å². The van der Waals surface area contributed by atoms with Crippen LogP contribution in [0.25, 0.3) is 17.7 Å². The van der Waals surface area contributed by atoms with Gasteiger partial charge in [-0.1, -0.05) is 35.4 Å². The van der Waals surface area contributed by atoms with Gasteiger partial charge in [-0.2, -0.15) is 5.10 Å². The van der Waals surface area contributed by atoms with Crippen LogP contribution in [0.5, 0.6) is 0 Å². The van der Waals surface area contributed by atoms with Crippen molar-refractivity contribution in [3.05, 3.63) is 53.7 Å². The normalized spacial score (nSPS) is 11.0. The van der Waals surface area contributed by atoms with Gasteiger partial charge in [0.25, 0.3) is 11.8 Å². The standard InChI is InChI=1S/C16H15N5O2/c1-11-10-13(21(2)20-11)15-18-19-16(23-15)17-14(22)9-8-12-6-4-3-5-7-12/h3-10H,1-2H3,(H,17,19,22). The maximum Gasteiger partial charge on any atom is 0.322 e. The minimum Gasteiger partial charge on any atom is -0.401 e. The molecule has 0 fully saturated rings. The van der Waals surface area contributed by atoms with Crippen molar-refractivity contribution in [3.8, 4) is 11.6 Å². The molecule has 3 aromatic rings. The molecular formula is C16H15N5O2. The van der Waals surface area contributed by atoms with Crippen molar-refractivity contribution in [2.24, 2.45) is 7.05 Å². The third-order valence-electron chi connectivity index (χ3n) is 3.10. The smallest absolute Gasteiger partial charge is 0.322 e. The van der Waals surface area contributed by atoms with Gasteiger partial charge in [0.15, 0.2) is 0 Å². The van der Waals surface area contributed by atoms with Crippen molar-refractivity contribution in [1.82, 2.24) is 20.0 Å². The number of nitrogens with zero attached hydrogens (tertiary/aromatic N) is 4. The lowest BCUT2D eigenvalue weighted by Crippen LogP contribution is -2.07. The summed E-state index contributed by atoms with van der Waals surface area (Å²) < 4.78 is 7.08. The molecule has 23 heavy (non-hydrogen) atoms. The second kappa shape index (κ2) is 6.27. The second-order valence-corrected chi connectivity index (χ2v) is 4.94. The summed E-state index contributed by atoms with van der Waals surface area (Å²) in [4.78, 5) is 11.9. The molecule has 0 aliphatic carbocycles. The summed E-state index contributed by atoms with van der Waals surface area (Å²) in [7, 11) is 1.79. The van der Waals surface area contributed by atoms with E-state index in [0.29, 0.717) is 11.6 Å². The Kier molecular flexibility index (Phi) is 4.01. The number of benzene rings is 1. The van der Waals surface area contributed by atoms with Crippen LogP contribution >= 0.6 is 0 Å². The van der Waals surface area contributed by atoms with Gasteiger partial charge in [-0.3, -0.25) is 14.8 Å². The fraction of sp³-hybridized carbons (Fsp3) is 0.125. The molecule has 0 unspecified atom stereocenters. The molecular weight excluding hydrogens is 294 g/mol. The topological polar surface area (TPSA) is 85.8 Å². The van der Waals surface area contributed by atoms with E-state index >= 15 is 0 Å². The maximum absolute atomic E-state index is 11.9. The third kappa shape index (κ3) is 3.52. The summed E-state index contributed by atoms with van der Waals surface area (Å²) in [5.41, 5.74) is 2.46. The van der Waals surface area contributed by atoms with Gasteiger partial charge in [-0.25, -0.2) is 0 Å². The first kappa shape index (κ1) is 14.7. The van der Waals surface area contributed by atoms with Gasteiger partial charge in [0.05, 0.1) is 5.69 Å². The maximum atomic E-state index is 11.9. The van der Waals surface area contributed by atoms with Crippen molar-refractivity contribution < 1.29 is 9.21 Å². The number of anilines is 1. The Hall–Kier alpha value is -3.22. The number of nitrogens with one attached hydrogen (secondary N) is 1. The summed E-state index contributed by atoms with van der Waals surface area (Å²) in [5.74, 6) is -0.0410. The molecule has 0 aliphatic heterocycles. The highest BCUT2D eigenvalue weighted by molar-refractivity contribution is 6.00.